The van der Waals surface area contributed by atoms with Gasteiger partial charge in [-0.3, -0.25) is 4.79 Å². The monoisotopic (exact) mass is 358 g/mol. The van der Waals surface area contributed by atoms with Crippen molar-refractivity contribution in [2.24, 2.45) is 5.73 Å². The summed E-state index contributed by atoms with van der Waals surface area (Å²) in [6, 6.07) is 11.3. The minimum atomic E-state index is -4.13. The Labute approximate surface area is 138 Å². The fourth-order valence-electron chi connectivity index (χ4n) is 1.89. The summed E-state index contributed by atoms with van der Waals surface area (Å²) in [5, 5.41) is -0.0902. The summed E-state index contributed by atoms with van der Waals surface area (Å²) in [4.78, 5) is 11.3. The van der Waals surface area contributed by atoms with Crippen LogP contribution in [0.4, 0.5) is 0 Å². The second-order valence-corrected chi connectivity index (χ2v) is 6.88. The summed E-state index contributed by atoms with van der Waals surface area (Å²) in [7, 11) is -4.13. The van der Waals surface area contributed by atoms with Crippen molar-refractivity contribution in [3.63, 3.8) is 0 Å². The molecule has 1 unspecified atom stereocenters. The van der Waals surface area contributed by atoms with Gasteiger partial charge in [-0.05, 0) is 17.7 Å². The van der Waals surface area contributed by atoms with E-state index in [1.54, 1.807) is 30.3 Å². The predicted octanol–water partition coefficient (Wildman–Crippen LogP) is 2.50. The van der Waals surface area contributed by atoms with Gasteiger partial charge in [0.05, 0.1) is 10.0 Å². The van der Waals surface area contributed by atoms with Crippen LogP contribution in [0.1, 0.15) is 11.6 Å². The van der Waals surface area contributed by atoms with Gasteiger partial charge in [0.25, 0.3) is 0 Å². The molecule has 0 fully saturated rings. The van der Waals surface area contributed by atoms with Crippen LogP contribution < -0.4 is 10.5 Å². The molecule has 3 N–H and O–H groups in total. The molecule has 0 spiro atoms. The normalized spacial score (nSPS) is 12.8. The molecule has 1 amide bonds. The molecule has 0 radical (unpaired) electrons. The van der Waals surface area contributed by atoms with Gasteiger partial charge in [-0.25, -0.2) is 8.42 Å². The standard InChI is InChI=1S/C14H12Cl2N2O3S/c15-10-7-4-8-11(16)13(10)22(20,21)18-12(14(17)19)9-5-2-1-3-6-9/h1-8,12,18H,(H2,17,19). The van der Waals surface area contributed by atoms with E-state index in [4.69, 9.17) is 28.9 Å². The van der Waals surface area contributed by atoms with E-state index in [1.807, 2.05) is 0 Å². The SMILES string of the molecule is NC(=O)C(NS(=O)(=O)c1c(Cl)cccc1Cl)c1ccccc1. The first-order chi connectivity index (χ1) is 10.3. The van der Waals surface area contributed by atoms with E-state index in [-0.39, 0.29) is 14.9 Å². The maximum absolute atomic E-state index is 12.5. The molecule has 0 saturated carbocycles. The van der Waals surface area contributed by atoms with Gasteiger partial charge in [0.2, 0.25) is 15.9 Å². The Bertz CT molecular complexity index is 775. The molecule has 5 nitrogen and oxygen atoms in total. The number of hydrogen-bond acceptors (Lipinski definition) is 3. The lowest BCUT2D eigenvalue weighted by Gasteiger charge is -2.17. The van der Waals surface area contributed by atoms with Gasteiger partial charge < -0.3 is 5.73 Å². The van der Waals surface area contributed by atoms with Crippen LogP contribution >= 0.6 is 23.2 Å². The van der Waals surface area contributed by atoms with Crippen LogP contribution in [0.3, 0.4) is 0 Å². The topological polar surface area (TPSA) is 89.3 Å². The van der Waals surface area contributed by atoms with E-state index in [0.29, 0.717) is 5.56 Å². The van der Waals surface area contributed by atoms with E-state index in [0.717, 1.165) is 0 Å². The molecular weight excluding hydrogens is 347 g/mol. The highest BCUT2D eigenvalue weighted by molar-refractivity contribution is 7.89. The fourth-order valence-corrected chi connectivity index (χ4v) is 4.23. The second kappa shape index (κ2) is 6.66. The van der Waals surface area contributed by atoms with Gasteiger partial charge in [0, 0.05) is 0 Å². The number of halogens is 2. The number of nitrogens with one attached hydrogen (secondary N) is 1. The lowest BCUT2D eigenvalue weighted by atomic mass is 10.1. The fraction of sp³-hybridized carbons (Fsp3) is 0.0714. The third kappa shape index (κ3) is 3.59. The quantitative estimate of drug-likeness (QED) is 0.860. The number of sulfonamides is 1. The minimum absolute atomic E-state index is 0.0451. The van der Waals surface area contributed by atoms with Gasteiger partial charge in [0.1, 0.15) is 10.9 Å². The van der Waals surface area contributed by atoms with Gasteiger partial charge in [-0.15, -0.1) is 0 Å². The Morgan fingerprint density at radius 2 is 1.55 bits per heavy atom. The van der Waals surface area contributed by atoms with Crippen LogP contribution in [-0.4, -0.2) is 14.3 Å². The van der Waals surface area contributed by atoms with Crippen molar-refractivity contribution in [2.75, 3.05) is 0 Å². The molecule has 0 aliphatic rings. The van der Waals surface area contributed by atoms with E-state index >= 15 is 0 Å². The van der Waals surface area contributed by atoms with Crippen LogP contribution in [0.25, 0.3) is 0 Å². The summed E-state index contributed by atoms with van der Waals surface area (Å²) in [5.74, 6) is -0.835. The Hall–Kier alpha value is -1.60. The maximum Gasteiger partial charge on any atom is 0.244 e. The molecule has 8 heteroatoms. The van der Waals surface area contributed by atoms with Gasteiger partial charge in [-0.2, -0.15) is 4.72 Å². The molecule has 2 aromatic carbocycles. The zero-order valence-corrected chi connectivity index (χ0v) is 13.5. The highest BCUT2D eigenvalue weighted by Crippen LogP contribution is 2.30. The molecule has 2 aromatic rings. The molecular formula is C14H12Cl2N2O3S. The van der Waals surface area contributed by atoms with Crippen molar-refractivity contribution in [3.05, 3.63) is 64.1 Å². The van der Waals surface area contributed by atoms with Gasteiger partial charge in [-0.1, -0.05) is 59.6 Å². The number of carbonyl (C=O) groups excluding carboxylic acids is 1. The predicted molar refractivity (Wildman–Crippen MR) is 85.2 cm³/mol. The number of amides is 1. The summed E-state index contributed by atoms with van der Waals surface area (Å²) in [5.41, 5.74) is 5.72. The minimum Gasteiger partial charge on any atom is -0.368 e. The number of nitrogens with two attached hydrogens (primary N) is 1. The Balaban J connectivity index is 2.44. The van der Waals surface area contributed by atoms with Crippen LogP contribution in [-0.2, 0) is 14.8 Å². The molecule has 0 aliphatic carbocycles. The van der Waals surface area contributed by atoms with E-state index in [1.165, 1.54) is 18.2 Å². The Kier molecular flexibility index (Phi) is 5.08. The van der Waals surface area contributed by atoms with Crippen LogP contribution in [0.5, 0.6) is 0 Å². The number of rotatable bonds is 5. The van der Waals surface area contributed by atoms with Crippen molar-refractivity contribution in [1.29, 1.82) is 0 Å². The molecule has 0 bridgehead atoms. The molecule has 22 heavy (non-hydrogen) atoms. The highest BCUT2D eigenvalue weighted by Gasteiger charge is 2.28. The zero-order valence-electron chi connectivity index (χ0n) is 11.2. The summed E-state index contributed by atoms with van der Waals surface area (Å²) < 4.78 is 27.2. The highest BCUT2D eigenvalue weighted by atomic mass is 35.5. The molecule has 1 atom stereocenters. The van der Waals surface area contributed by atoms with Crippen molar-refractivity contribution < 1.29 is 13.2 Å². The average molecular weight is 359 g/mol. The number of hydrogen-bond donors (Lipinski definition) is 2. The Morgan fingerprint density at radius 1 is 1.00 bits per heavy atom. The van der Waals surface area contributed by atoms with E-state index < -0.39 is 22.0 Å². The van der Waals surface area contributed by atoms with Crippen molar-refractivity contribution in [2.45, 2.75) is 10.9 Å². The largest absolute Gasteiger partial charge is 0.368 e. The molecule has 2 rings (SSSR count). The van der Waals surface area contributed by atoms with Crippen LogP contribution in [0, 0.1) is 0 Å². The first-order valence-corrected chi connectivity index (χ1v) is 8.37. The third-order valence-corrected chi connectivity index (χ3v) is 5.26. The van der Waals surface area contributed by atoms with Crippen LogP contribution in [0.15, 0.2) is 53.4 Å². The van der Waals surface area contributed by atoms with E-state index in [9.17, 15) is 13.2 Å². The summed E-state index contributed by atoms with van der Waals surface area (Å²) in [6.45, 7) is 0. The second-order valence-electron chi connectivity index (χ2n) is 4.42. The maximum atomic E-state index is 12.5. The number of benzene rings is 2. The van der Waals surface area contributed by atoms with Crippen LogP contribution in [0.2, 0.25) is 10.0 Å². The third-order valence-electron chi connectivity index (χ3n) is 2.88. The molecule has 0 aliphatic heterocycles. The molecule has 0 heterocycles. The summed E-state index contributed by atoms with van der Waals surface area (Å²) >= 11 is 11.8. The smallest absolute Gasteiger partial charge is 0.244 e. The van der Waals surface area contributed by atoms with Gasteiger partial charge in [0.15, 0.2) is 0 Å². The van der Waals surface area contributed by atoms with Crippen molar-refractivity contribution in [1.82, 2.24) is 4.72 Å². The Morgan fingerprint density at radius 3 is 2.05 bits per heavy atom. The first kappa shape index (κ1) is 16.8. The molecule has 0 aromatic heterocycles. The van der Waals surface area contributed by atoms with Crippen molar-refractivity contribution >= 4 is 39.1 Å². The first-order valence-electron chi connectivity index (χ1n) is 6.13. The van der Waals surface area contributed by atoms with Gasteiger partial charge >= 0.3 is 0 Å². The average Bonchev–Trinajstić information content (AvgIpc) is 2.45. The van der Waals surface area contributed by atoms with E-state index in [2.05, 4.69) is 4.72 Å². The lowest BCUT2D eigenvalue weighted by Crippen LogP contribution is -2.37. The molecule has 116 valence electrons. The van der Waals surface area contributed by atoms with Crippen molar-refractivity contribution in [3.8, 4) is 0 Å². The zero-order chi connectivity index (χ0) is 16.3. The number of primary amides is 1. The lowest BCUT2D eigenvalue weighted by molar-refractivity contribution is -0.119. The summed E-state index contributed by atoms with van der Waals surface area (Å²) in [6.07, 6.45) is 0. The number of carbonyl (C=O) groups is 1. The molecule has 0 saturated heterocycles.